The van der Waals surface area contributed by atoms with E-state index >= 15 is 0 Å². The van der Waals surface area contributed by atoms with E-state index in [1.165, 1.54) is 4.52 Å². The minimum absolute atomic E-state index is 0.0246. The van der Waals surface area contributed by atoms with Crippen LogP contribution in [0.3, 0.4) is 0 Å². The molecule has 3 aromatic heterocycles. The third-order valence-electron chi connectivity index (χ3n) is 6.58. The number of nitrogens with one attached hydrogen (secondary N) is 1. The Kier molecular flexibility index (Phi) is 5.93. The maximum absolute atomic E-state index is 13.2. The first-order chi connectivity index (χ1) is 16.3. The van der Waals surface area contributed by atoms with Crippen LogP contribution in [0.2, 0.25) is 0 Å². The van der Waals surface area contributed by atoms with Crippen LogP contribution in [0.5, 0.6) is 0 Å². The lowest BCUT2D eigenvalue weighted by Crippen LogP contribution is -2.35. The monoisotopic (exact) mass is 480 g/mol. The molecule has 34 heavy (non-hydrogen) atoms. The van der Waals surface area contributed by atoms with Crippen molar-refractivity contribution in [3.63, 3.8) is 0 Å². The van der Waals surface area contributed by atoms with Gasteiger partial charge in [0.15, 0.2) is 5.69 Å². The van der Waals surface area contributed by atoms with Crippen molar-refractivity contribution in [1.82, 2.24) is 35.2 Å². The lowest BCUT2D eigenvalue weighted by atomic mass is 9.73. The van der Waals surface area contributed by atoms with Crippen LogP contribution < -0.4 is 11.1 Å². The standard InChI is InChI=1S/C20H23F3N8O3/c21-20(22,23)11-3-1-10(2-4-11)15(16-17(18(24)32)30-34-29-16)13-8-31-19(28-13)27-12(7-26-31)14-9-33-6-5-25-14/h7-8,10-11,14-15,25H,1-6,9H2,(H2,24,32)/t10?,11?,14?,15-/m0/s1. The predicted molar refractivity (Wildman–Crippen MR) is 109 cm³/mol. The van der Waals surface area contributed by atoms with Gasteiger partial charge in [-0.25, -0.2) is 19.1 Å². The molecule has 1 saturated heterocycles. The number of alkyl halides is 3. The third-order valence-corrected chi connectivity index (χ3v) is 6.58. The molecule has 0 spiro atoms. The van der Waals surface area contributed by atoms with Gasteiger partial charge in [0.2, 0.25) is 0 Å². The number of hydrogen-bond acceptors (Lipinski definition) is 9. The van der Waals surface area contributed by atoms with Gasteiger partial charge in [-0.15, -0.1) is 0 Å². The van der Waals surface area contributed by atoms with Crippen molar-refractivity contribution in [3.8, 4) is 0 Å². The molecule has 3 N–H and O–H groups in total. The van der Waals surface area contributed by atoms with Gasteiger partial charge in [-0.3, -0.25) is 4.79 Å². The predicted octanol–water partition coefficient (Wildman–Crippen LogP) is 1.77. The SMILES string of the molecule is NC(=O)c1nonc1[C@H](c1cn2ncc(C3COCCN3)nc2n1)C1CCC(C(F)(F)F)CC1. The van der Waals surface area contributed by atoms with Crippen LogP contribution in [0.15, 0.2) is 17.0 Å². The largest absolute Gasteiger partial charge is 0.391 e. The highest BCUT2D eigenvalue weighted by Gasteiger charge is 2.44. The molecule has 1 unspecified atom stereocenters. The maximum atomic E-state index is 13.2. The Morgan fingerprint density at radius 1 is 1.21 bits per heavy atom. The van der Waals surface area contributed by atoms with E-state index in [4.69, 9.17) is 15.1 Å². The number of aromatic nitrogens is 6. The molecule has 4 heterocycles. The van der Waals surface area contributed by atoms with Gasteiger partial charge in [0.1, 0.15) is 5.69 Å². The van der Waals surface area contributed by atoms with Crippen molar-refractivity contribution in [2.24, 2.45) is 17.6 Å². The fourth-order valence-corrected chi connectivity index (χ4v) is 4.83. The Hall–Kier alpha value is -3.13. The first-order valence-corrected chi connectivity index (χ1v) is 11.0. The van der Waals surface area contributed by atoms with Crippen LogP contribution >= 0.6 is 0 Å². The van der Waals surface area contributed by atoms with Gasteiger partial charge in [-0.1, -0.05) is 5.16 Å². The zero-order valence-corrected chi connectivity index (χ0v) is 18.0. The molecule has 2 atom stereocenters. The molecule has 5 rings (SSSR count). The van der Waals surface area contributed by atoms with E-state index in [2.05, 4.69) is 30.7 Å². The molecule has 2 aliphatic rings. The summed E-state index contributed by atoms with van der Waals surface area (Å²) in [5.41, 5.74) is 6.56. The summed E-state index contributed by atoms with van der Waals surface area (Å²) in [4.78, 5) is 21.1. The van der Waals surface area contributed by atoms with Gasteiger partial charge in [-0.2, -0.15) is 18.3 Å². The van der Waals surface area contributed by atoms with E-state index in [1.807, 2.05) is 0 Å². The Morgan fingerprint density at radius 3 is 2.68 bits per heavy atom. The summed E-state index contributed by atoms with van der Waals surface area (Å²) < 4.78 is 51.4. The van der Waals surface area contributed by atoms with Gasteiger partial charge in [0.05, 0.1) is 54.9 Å². The van der Waals surface area contributed by atoms with Gasteiger partial charge in [0, 0.05) is 6.54 Å². The van der Waals surface area contributed by atoms with Crippen molar-refractivity contribution in [1.29, 1.82) is 0 Å². The zero-order chi connectivity index (χ0) is 23.9. The quantitative estimate of drug-likeness (QED) is 0.558. The molecule has 1 saturated carbocycles. The second kappa shape index (κ2) is 8.91. The summed E-state index contributed by atoms with van der Waals surface area (Å²) in [5.74, 6) is -2.80. The minimum atomic E-state index is -4.24. The molecule has 1 aliphatic heterocycles. The number of imidazole rings is 1. The summed E-state index contributed by atoms with van der Waals surface area (Å²) in [6, 6.07) is -0.124. The van der Waals surface area contributed by atoms with E-state index in [9.17, 15) is 18.0 Å². The number of ether oxygens (including phenoxy) is 1. The molecule has 0 radical (unpaired) electrons. The molecular formula is C20H23F3N8O3. The number of halogens is 3. The van der Waals surface area contributed by atoms with Crippen LogP contribution in [0.1, 0.15) is 65.2 Å². The van der Waals surface area contributed by atoms with E-state index in [1.54, 1.807) is 12.4 Å². The summed E-state index contributed by atoms with van der Waals surface area (Å²) >= 11 is 0. The van der Waals surface area contributed by atoms with E-state index < -0.39 is 23.9 Å². The van der Waals surface area contributed by atoms with Gasteiger partial charge in [-0.05, 0) is 36.8 Å². The molecule has 1 amide bonds. The minimum Gasteiger partial charge on any atom is -0.378 e. The number of nitrogens with two attached hydrogens (primary N) is 1. The molecule has 0 aromatic carbocycles. The van der Waals surface area contributed by atoms with E-state index in [0.717, 1.165) is 0 Å². The summed E-state index contributed by atoms with van der Waals surface area (Å²) in [6.07, 6.45) is -0.505. The molecule has 1 aliphatic carbocycles. The Morgan fingerprint density at radius 2 is 2.00 bits per heavy atom. The first-order valence-electron chi connectivity index (χ1n) is 11.0. The fraction of sp³-hybridized carbons (Fsp3) is 0.600. The van der Waals surface area contributed by atoms with Crippen molar-refractivity contribution in [2.45, 2.75) is 43.8 Å². The van der Waals surface area contributed by atoms with Gasteiger partial charge in [0.25, 0.3) is 11.7 Å². The number of morpholine rings is 1. The normalized spacial score (nSPS) is 24.9. The van der Waals surface area contributed by atoms with Crippen molar-refractivity contribution < 1.29 is 27.3 Å². The lowest BCUT2D eigenvalue weighted by molar-refractivity contribution is -0.184. The Labute approximate surface area is 191 Å². The van der Waals surface area contributed by atoms with Crippen molar-refractivity contribution in [3.05, 3.63) is 35.2 Å². The van der Waals surface area contributed by atoms with Crippen LogP contribution in [-0.4, -0.2) is 61.7 Å². The summed E-state index contributed by atoms with van der Waals surface area (Å²) in [6.45, 7) is 1.76. The highest BCUT2D eigenvalue weighted by molar-refractivity contribution is 5.91. The van der Waals surface area contributed by atoms with Gasteiger partial charge >= 0.3 is 6.18 Å². The average molecular weight is 480 g/mol. The number of carbonyl (C=O) groups is 1. The second-order valence-electron chi connectivity index (χ2n) is 8.67. The number of carbonyl (C=O) groups excluding carboxylic acids is 1. The number of rotatable bonds is 5. The second-order valence-corrected chi connectivity index (χ2v) is 8.67. The maximum Gasteiger partial charge on any atom is 0.391 e. The molecular weight excluding hydrogens is 457 g/mol. The highest BCUT2D eigenvalue weighted by atomic mass is 19.4. The lowest BCUT2D eigenvalue weighted by Gasteiger charge is -2.33. The molecule has 11 nitrogen and oxygen atoms in total. The molecule has 3 aromatic rings. The number of fused-ring (bicyclic) bond motifs is 1. The third kappa shape index (κ3) is 4.34. The topological polar surface area (TPSA) is 146 Å². The number of hydrogen-bond donors (Lipinski definition) is 2. The number of nitrogens with zero attached hydrogens (tertiary/aromatic N) is 6. The Balaban J connectivity index is 1.50. The summed E-state index contributed by atoms with van der Waals surface area (Å²) in [5, 5.41) is 15.2. The van der Waals surface area contributed by atoms with E-state index in [-0.39, 0.29) is 49.0 Å². The van der Waals surface area contributed by atoms with Crippen LogP contribution in [0.4, 0.5) is 13.2 Å². The summed E-state index contributed by atoms with van der Waals surface area (Å²) in [7, 11) is 0. The Bertz CT molecular complexity index is 1170. The fourth-order valence-electron chi connectivity index (χ4n) is 4.83. The average Bonchev–Trinajstić information content (AvgIpc) is 3.47. The zero-order valence-electron chi connectivity index (χ0n) is 18.0. The van der Waals surface area contributed by atoms with E-state index in [0.29, 0.717) is 36.9 Å². The van der Waals surface area contributed by atoms with Crippen molar-refractivity contribution >= 4 is 11.7 Å². The molecule has 14 heteroatoms. The number of primary amides is 1. The van der Waals surface area contributed by atoms with Crippen LogP contribution in [-0.2, 0) is 4.74 Å². The number of amides is 1. The molecule has 2 fully saturated rings. The van der Waals surface area contributed by atoms with Crippen LogP contribution in [0.25, 0.3) is 5.78 Å². The van der Waals surface area contributed by atoms with Crippen molar-refractivity contribution in [2.75, 3.05) is 19.8 Å². The molecule has 0 bridgehead atoms. The smallest absolute Gasteiger partial charge is 0.378 e. The van der Waals surface area contributed by atoms with Crippen LogP contribution in [0, 0.1) is 11.8 Å². The van der Waals surface area contributed by atoms with Gasteiger partial charge < -0.3 is 15.8 Å². The molecule has 182 valence electrons. The highest BCUT2D eigenvalue weighted by Crippen LogP contribution is 2.45. The first kappa shape index (κ1) is 22.7.